The Morgan fingerprint density at radius 3 is 2.44 bits per heavy atom. The van der Waals surface area contributed by atoms with E-state index in [4.69, 9.17) is 5.73 Å². The van der Waals surface area contributed by atoms with Gasteiger partial charge in [0.25, 0.3) is 0 Å². The molecular weight excluding hydrogens is 198 g/mol. The lowest BCUT2D eigenvalue weighted by atomic mass is 9.90. The molecule has 16 heavy (non-hydrogen) atoms. The average Bonchev–Trinajstić information content (AvgIpc) is 2.12. The molecule has 0 saturated heterocycles. The first-order valence-electron chi connectivity index (χ1n) is 5.79. The molecule has 0 aliphatic rings. The molecule has 0 unspecified atom stereocenters. The van der Waals surface area contributed by atoms with E-state index in [2.05, 4.69) is 51.0 Å². The van der Waals surface area contributed by atoms with E-state index in [9.17, 15) is 0 Å². The van der Waals surface area contributed by atoms with E-state index in [0.29, 0.717) is 11.9 Å². The number of aromatic nitrogens is 1. The van der Waals surface area contributed by atoms with Crippen molar-refractivity contribution in [3.05, 3.63) is 23.4 Å². The Balaban J connectivity index is 2.90. The minimum Gasteiger partial charge on any atom is -0.384 e. The van der Waals surface area contributed by atoms with Gasteiger partial charge < -0.3 is 11.1 Å². The van der Waals surface area contributed by atoms with Gasteiger partial charge in [0, 0.05) is 23.7 Å². The number of rotatable bonds is 3. The van der Waals surface area contributed by atoms with Crippen LogP contribution in [0.4, 0.5) is 5.82 Å². The van der Waals surface area contributed by atoms with E-state index >= 15 is 0 Å². The van der Waals surface area contributed by atoms with Crippen LogP contribution in [0.3, 0.4) is 0 Å². The molecule has 0 bridgehead atoms. The van der Waals surface area contributed by atoms with Crippen LogP contribution in [0.15, 0.2) is 12.1 Å². The molecule has 3 heteroatoms. The molecule has 0 aromatic carbocycles. The number of hydrogen-bond donors (Lipinski definition) is 2. The third-order valence-electron chi connectivity index (χ3n) is 2.39. The van der Waals surface area contributed by atoms with Crippen molar-refractivity contribution in [2.45, 2.75) is 52.6 Å². The van der Waals surface area contributed by atoms with Crippen LogP contribution in [0.25, 0.3) is 0 Å². The Kier molecular flexibility index (Phi) is 3.92. The average molecular weight is 221 g/mol. The number of anilines is 1. The normalized spacial score (nSPS) is 12.1. The smallest absolute Gasteiger partial charge is 0.123 e. The van der Waals surface area contributed by atoms with Gasteiger partial charge in [0.05, 0.1) is 0 Å². The van der Waals surface area contributed by atoms with Gasteiger partial charge in [0.15, 0.2) is 0 Å². The van der Waals surface area contributed by atoms with Crippen LogP contribution < -0.4 is 11.1 Å². The fourth-order valence-corrected chi connectivity index (χ4v) is 1.42. The van der Waals surface area contributed by atoms with E-state index in [1.165, 1.54) is 5.56 Å². The quantitative estimate of drug-likeness (QED) is 0.824. The molecule has 0 aliphatic heterocycles. The molecule has 0 saturated carbocycles. The summed E-state index contributed by atoms with van der Waals surface area (Å²) in [6.07, 6.45) is 0. The van der Waals surface area contributed by atoms with E-state index in [1.807, 2.05) is 6.07 Å². The highest BCUT2D eigenvalue weighted by Gasteiger charge is 2.16. The number of hydrogen-bond acceptors (Lipinski definition) is 3. The Hall–Kier alpha value is -1.09. The van der Waals surface area contributed by atoms with Crippen molar-refractivity contribution in [1.82, 2.24) is 10.3 Å². The summed E-state index contributed by atoms with van der Waals surface area (Å²) in [7, 11) is 0. The van der Waals surface area contributed by atoms with E-state index in [1.54, 1.807) is 0 Å². The lowest BCUT2D eigenvalue weighted by Crippen LogP contribution is -2.23. The minimum atomic E-state index is 0.0436. The summed E-state index contributed by atoms with van der Waals surface area (Å²) in [6, 6.07) is 4.54. The first kappa shape index (κ1) is 13.0. The van der Waals surface area contributed by atoms with Gasteiger partial charge in [0.1, 0.15) is 5.82 Å². The standard InChI is InChI=1S/C13H23N3/c1-9(2)15-8-10-6-11(13(3,4)5)16-12(14)7-10/h6-7,9,15H,8H2,1-5H3,(H2,14,16). The van der Waals surface area contributed by atoms with Crippen LogP contribution in [0, 0.1) is 0 Å². The molecule has 0 fully saturated rings. The van der Waals surface area contributed by atoms with Crippen LogP contribution in [0.2, 0.25) is 0 Å². The summed E-state index contributed by atoms with van der Waals surface area (Å²) in [6.45, 7) is 11.6. The van der Waals surface area contributed by atoms with Crippen LogP contribution in [-0.2, 0) is 12.0 Å². The predicted molar refractivity (Wildman–Crippen MR) is 69.3 cm³/mol. The highest BCUT2D eigenvalue weighted by atomic mass is 14.9. The number of nitrogens with one attached hydrogen (secondary N) is 1. The largest absolute Gasteiger partial charge is 0.384 e. The molecular formula is C13H23N3. The van der Waals surface area contributed by atoms with Crippen molar-refractivity contribution in [2.75, 3.05) is 5.73 Å². The van der Waals surface area contributed by atoms with Crippen LogP contribution >= 0.6 is 0 Å². The van der Waals surface area contributed by atoms with Gasteiger partial charge in [-0.05, 0) is 17.7 Å². The maximum absolute atomic E-state index is 5.82. The Labute approximate surface area is 98.5 Å². The van der Waals surface area contributed by atoms with Crippen LogP contribution in [-0.4, -0.2) is 11.0 Å². The lowest BCUT2D eigenvalue weighted by Gasteiger charge is -2.19. The molecule has 1 heterocycles. The Morgan fingerprint density at radius 2 is 1.94 bits per heavy atom. The predicted octanol–water partition coefficient (Wildman–Crippen LogP) is 2.46. The lowest BCUT2D eigenvalue weighted by molar-refractivity contribution is 0.562. The highest BCUT2D eigenvalue weighted by Crippen LogP contribution is 2.22. The van der Waals surface area contributed by atoms with Crippen molar-refractivity contribution in [3.8, 4) is 0 Å². The van der Waals surface area contributed by atoms with Gasteiger partial charge >= 0.3 is 0 Å². The first-order chi connectivity index (χ1) is 7.29. The maximum Gasteiger partial charge on any atom is 0.123 e. The van der Waals surface area contributed by atoms with Crippen molar-refractivity contribution < 1.29 is 0 Å². The second-order valence-electron chi connectivity index (χ2n) is 5.57. The van der Waals surface area contributed by atoms with Gasteiger partial charge in [-0.2, -0.15) is 0 Å². The number of nitrogens with two attached hydrogens (primary N) is 1. The van der Waals surface area contributed by atoms with Crippen molar-refractivity contribution in [2.24, 2.45) is 0 Å². The molecule has 0 amide bonds. The van der Waals surface area contributed by atoms with E-state index in [0.717, 1.165) is 12.2 Å². The molecule has 1 aromatic heterocycles. The molecule has 3 N–H and O–H groups in total. The maximum atomic E-state index is 5.82. The zero-order chi connectivity index (χ0) is 12.3. The third-order valence-corrected chi connectivity index (χ3v) is 2.39. The molecule has 0 aliphatic carbocycles. The fraction of sp³-hybridized carbons (Fsp3) is 0.615. The summed E-state index contributed by atoms with van der Waals surface area (Å²) in [5.41, 5.74) is 8.12. The zero-order valence-corrected chi connectivity index (χ0v) is 11.0. The Bertz CT molecular complexity index is 351. The molecule has 0 spiro atoms. The summed E-state index contributed by atoms with van der Waals surface area (Å²) in [5.74, 6) is 0.605. The fourth-order valence-electron chi connectivity index (χ4n) is 1.42. The van der Waals surface area contributed by atoms with Crippen molar-refractivity contribution in [3.63, 3.8) is 0 Å². The van der Waals surface area contributed by atoms with Gasteiger partial charge in [-0.3, -0.25) is 0 Å². The van der Waals surface area contributed by atoms with Gasteiger partial charge in [-0.25, -0.2) is 4.98 Å². The highest BCUT2D eigenvalue weighted by molar-refractivity contribution is 5.36. The zero-order valence-electron chi connectivity index (χ0n) is 11.0. The molecule has 90 valence electrons. The van der Waals surface area contributed by atoms with E-state index in [-0.39, 0.29) is 5.41 Å². The van der Waals surface area contributed by atoms with E-state index < -0.39 is 0 Å². The minimum absolute atomic E-state index is 0.0436. The first-order valence-corrected chi connectivity index (χ1v) is 5.79. The second kappa shape index (κ2) is 4.83. The molecule has 3 nitrogen and oxygen atoms in total. The summed E-state index contributed by atoms with van der Waals surface area (Å²) in [5, 5.41) is 3.38. The topological polar surface area (TPSA) is 50.9 Å². The van der Waals surface area contributed by atoms with Crippen molar-refractivity contribution >= 4 is 5.82 Å². The van der Waals surface area contributed by atoms with Gasteiger partial charge in [-0.1, -0.05) is 34.6 Å². The second-order valence-corrected chi connectivity index (χ2v) is 5.57. The summed E-state index contributed by atoms with van der Waals surface area (Å²) in [4.78, 5) is 4.38. The number of nitrogens with zero attached hydrogens (tertiary/aromatic N) is 1. The van der Waals surface area contributed by atoms with Gasteiger partial charge in [-0.15, -0.1) is 0 Å². The summed E-state index contributed by atoms with van der Waals surface area (Å²) >= 11 is 0. The number of pyridine rings is 1. The molecule has 1 rings (SSSR count). The molecule has 0 radical (unpaired) electrons. The monoisotopic (exact) mass is 221 g/mol. The van der Waals surface area contributed by atoms with Gasteiger partial charge in [0.2, 0.25) is 0 Å². The summed E-state index contributed by atoms with van der Waals surface area (Å²) < 4.78 is 0. The van der Waals surface area contributed by atoms with Crippen LogP contribution in [0.5, 0.6) is 0 Å². The SMILES string of the molecule is CC(C)NCc1cc(N)nc(C(C)(C)C)c1. The molecule has 1 aromatic rings. The van der Waals surface area contributed by atoms with Crippen molar-refractivity contribution in [1.29, 1.82) is 0 Å². The third kappa shape index (κ3) is 3.81. The molecule has 0 atom stereocenters. The number of nitrogen functional groups attached to an aromatic ring is 1. The Morgan fingerprint density at radius 1 is 1.31 bits per heavy atom. The van der Waals surface area contributed by atoms with Crippen LogP contribution in [0.1, 0.15) is 45.9 Å².